The minimum Gasteiger partial charge on any atom is -0.496 e. The Morgan fingerprint density at radius 2 is 2.05 bits per heavy atom. The number of Topliss-reactive ketones (excluding diaryl/α,β-unsaturated/α-hetero) is 1. The van der Waals surface area contributed by atoms with E-state index in [1.807, 2.05) is 6.07 Å². The highest BCUT2D eigenvalue weighted by molar-refractivity contribution is 5.97. The van der Waals surface area contributed by atoms with Crippen LogP contribution in [0, 0.1) is 0 Å². The highest BCUT2D eigenvalue weighted by Crippen LogP contribution is 2.25. The number of hydrogen-bond acceptors (Lipinski definition) is 4. The summed E-state index contributed by atoms with van der Waals surface area (Å²) in [4.78, 5) is 13.9. The van der Waals surface area contributed by atoms with Gasteiger partial charge in [-0.1, -0.05) is 0 Å². The molecule has 1 fully saturated rings. The van der Waals surface area contributed by atoms with Gasteiger partial charge in [0.1, 0.15) is 11.5 Å². The predicted octanol–water partition coefficient (Wildman–Crippen LogP) is 2.76. The van der Waals surface area contributed by atoms with Crippen molar-refractivity contribution in [3.05, 3.63) is 23.8 Å². The molecule has 1 saturated heterocycles. The van der Waals surface area contributed by atoms with Gasteiger partial charge in [0.05, 0.1) is 19.3 Å². The molecule has 1 aromatic carbocycles. The Kier molecular flexibility index (Phi) is 5.41. The third-order valence-corrected chi connectivity index (χ3v) is 3.64. The molecule has 0 aliphatic carbocycles. The maximum Gasteiger partial charge on any atom is 0.163 e. The monoisotopic (exact) mass is 277 g/mol. The Hall–Kier alpha value is -1.55. The zero-order chi connectivity index (χ0) is 14.4. The molecule has 4 nitrogen and oxygen atoms in total. The zero-order valence-electron chi connectivity index (χ0n) is 12.4. The molecule has 2 rings (SSSR count). The van der Waals surface area contributed by atoms with Gasteiger partial charge >= 0.3 is 0 Å². The Morgan fingerprint density at radius 3 is 2.70 bits per heavy atom. The van der Waals surface area contributed by atoms with Gasteiger partial charge in [-0.3, -0.25) is 4.79 Å². The van der Waals surface area contributed by atoms with Crippen LogP contribution in [0.1, 0.15) is 36.5 Å². The van der Waals surface area contributed by atoms with Crippen LogP contribution in [0.2, 0.25) is 0 Å². The molecule has 0 aromatic heterocycles. The lowest BCUT2D eigenvalue weighted by atomic mass is 10.1. The van der Waals surface area contributed by atoms with E-state index in [2.05, 4.69) is 4.90 Å². The molecule has 20 heavy (non-hydrogen) atoms. The molecule has 0 atom stereocenters. The first kappa shape index (κ1) is 14.9. The summed E-state index contributed by atoms with van der Waals surface area (Å²) in [5.74, 6) is 1.34. The summed E-state index contributed by atoms with van der Waals surface area (Å²) in [7, 11) is 1.57. The van der Waals surface area contributed by atoms with Crippen LogP contribution in [0.15, 0.2) is 18.2 Å². The smallest absolute Gasteiger partial charge is 0.163 e. The highest BCUT2D eigenvalue weighted by Gasteiger charge is 2.11. The summed E-state index contributed by atoms with van der Waals surface area (Å²) < 4.78 is 11.0. The lowest BCUT2D eigenvalue weighted by molar-refractivity contribution is 0.101. The number of methoxy groups -OCH3 is 1. The van der Waals surface area contributed by atoms with Crippen LogP contribution in [0.4, 0.5) is 0 Å². The van der Waals surface area contributed by atoms with E-state index in [0.717, 1.165) is 18.7 Å². The maximum atomic E-state index is 11.4. The van der Waals surface area contributed by atoms with Gasteiger partial charge in [-0.25, -0.2) is 0 Å². The number of ether oxygens (including phenoxy) is 2. The predicted molar refractivity (Wildman–Crippen MR) is 78.8 cm³/mol. The SMILES string of the molecule is COc1cc(OCCCN2CCCC2)ccc1C(C)=O. The van der Waals surface area contributed by atoms with E-state index in [1.165, 1.54) is 32.9 Å². The van der Waals surface area contributed by atoms with Gasteiger partial charge in [0.2, 0.25) is 0 Å². The van der Waals surface area contributed by atoms with E-state index < -0.39 is 0 Å². The fourth-order valence-electron chi connectivity index (χ4n) is 2.54. The lowest BCUT2D eigenvalue weighted by Crippen LogP contribution is -2.21. The standard InChI is InChI=1S/C16H23NO3/c1-13(18)15-7-6-14(12-16(15)19-2)20-11-5-10-17-8-3-4-9-17/h6-7,12H,3-5,8-11H2,1-2H3. The number of benzene rings is 1. The lowest BCUT2D eigenvalue weighted by Gasteiger charge is -2.15. The Morgan fingerprint density at radius 1 is 1.30 bits per heavy atom. The summed E-state index contributed by atoms with van der Waals surface area (Å²) >= 11 is 0. The van der Waals surface area contributed by atoms with Gasteiger partial charge in [0, 0.05) is 12.6 Å². The van der Waals surface area contributed by atoms with E-state index in [1.54, 1.807) is 19.2 Å². The van der Waals surface area contributed by atoms with E-state index in [0.29, 0.717) is 17.9 Å². The first-order chi connectivity index (χ1) is 9.70. The minimum atomic E-state index is 0.00225. The number of carbonyl (C=O) groups is 1. The molecule has 1 aliphatic heterocycles. The Balaban J connectivity index is 1.81. The van der Waals surface area contributed by atoms with Crippen LogP contribution in [-0.2, 0) is 0 Å². The first-order valence-corrected chi connectivity index (χ1v) is 7.25. The highest BCUT2D eigenvalue weighted by atomic mass is 16.5. The number of ketones is 1. The summed E-state index contributed by atoms with van der Waals surface area (Å²) in [6, 6.07) is 5.37. The largest absolute Gasteiger partial charge is 0.496 e. The average molecular weight is 277 g/mol. The zero-order valence-corrected chi connectivity index (χ0v) is 12.4. The van der Waals surface area contributed by atoms with Crippen molar-refractivity contribution in [2.75, 3.05) is 33.4 Å². The average Bonchev–Trinajstić information content (AvgIpc) is 2.96. The summed E-state index contributed by atoms with van der Waals surface area (Å²) in [5.41, 5.74) is 0.594. The van der Waals surface area contributed by atoms with Gasteiger partial charge in [-0.15, -0.1) is 0 Å². The second kappa shape index (κ2) is 7.29. The number of hydrogen-bond donors (Lipinski definition) is 0. The van der Waals surface area contributed by atoms with Gasteiger partial charge in [-0.2, -0.15) is 0 Å². The van der Waals surface area contributed by atoms with Crippen molar-refractivity contribution >= 4 is 5.78 Å². The summed E-state index contributed by atoms with van der Waals surface area (Å²) in [5, 5.41) is 0. The van der Waals surface area contributed by atoms with Crippen molar-refractivity contribution in [2.24, 2.45) is 0 Å². The van der Waals surface area contributed by atoms with Crippen LogP contribution in [0.5, 0.6) is 11.5 Å². The van der Waals surface area contributed by atoms with Crippen molar-refractivity contribution in [3.63, 3.8) is 0 Å². The van der Waals surface area contributed by atoms with Crippen LogP contribution in [-0.4, -0.2) is 44.0 Å². The number of rotatable bonds is 7. The molecule has 0 N–H and O–H groups in total. The van der Waals surface area contributed by atoms with Crippen molar-refractivity contribution in [2.45, 2.75) is 26.2 Å². The normalized spacial score (nSPS) is 15.3. The van der Waals surface area contributed by atoms with Gasteiger partial charge in [-0.05, 0) is 51.4 Å². The third kappa shape index (κ3) is 3.97. The van der Waals surface area contributed by atoms with Crippen molar-refractivity contribution in [1.29, 1.82) is 0 Å². The fraction of sp³-hybridized carbons (Fsp3) is 0.562. The van der Waals surface area contributed by atoms with E-state index in [9.17, 15) is 4.79 Å². The molecule has 0 unspecified atom stereocenters. The molecule has 0 bridgehead atoms. The summed E-state index contributed by atoms with van der Waals surface area (Å²) in [6.07, 6.45) is 3.67. The molecule has 1 aromatic rings. The van der Waals surface area contributed by atoms with E-state index in [4.69, 9.17) is 9.47 Å². The number of carbonyl (C=O) groups excluding carboxylic acids is 1. The van der Waals surface area contributed by atoms with Crippen molar-refractivity contribution < 1.29 is 14.3 Å². The van der Waals surface area contributed by atoms with Gasteiger partial charge < -0.3 is 14.4 Å². The third-order valence-electron chi connectivity index (χ3n) is 3.64. The topological polar surface area (TPSA) is 38.8 Å². The van der Waals surface area contributed by atoms with Crippen LogP contribution < -0.4 is 9.47 Å². The van der Waals surface area contributed by atoms with Gasteiger partial charge in [0.15, 0.2) is 5.78 Å². The molecular weight excluding hydrogens is 254 g/mol. The molecule has 0 radical (unpaired) electrons. The molecule has 1 aliphatic rings. The fourth-order valence-corrected chi connectivity index (χ4v) is 2.54. The van der Waals surface area contributed by atoms with Gasteiger partial charge in [0.25, 0.3) is 0 Å². The van der Waals surface area contributed by atoms with Crippen molar-refractivity contribution in [3.8, 4) is 11.5 Å². The number of likely N-dealkylation sites (tertiary alicyclic amines) is 1. The maximum absolute atomic E-state index is 11.4. The number of nitrogens with zero attached hydrogens (tertiary/aromatic N) is 1. The first-order valence-electron chi connectivity index (χ1n) is 7.25. The molecule has 1 heterocycles. The molecule has 110 valence electrons. The second-order valence-corrected chi connectivity index (χ2v) is 5.17. The van der Waals surface area contributed by atoms with Crippen LogP contribution in [0.3, 0.4) is 0 Å². The summed E-state index contributed by atoms with van der Waals surface area (Å²) in [6.45, 7) is 5.78. The quantitative estimate of drug-likeness (QED) is 0.567. The Labute approximate surface area is 120 Å². The molecule has 4 heteroatoms. The molecule has 0 saturated carbocycles. The molecule has 0 spiro atoms. The van der Waals surface area contributed by atoms with Crippen LogP contribution in [0.25, 0.3) is 0 Å². The minimum absolute atomic E-state index is 0.00225. The van der Waals surface area contributed by atoms with Crippen LogP contribution >= 0.6 is 0 Å². The molecule has 0 amide bonds. The van der Waals surface area contributed by atoms with E-state index in [-0.39, 0.29) is 5.78 Å². The second-order valence-electron chi connectivity index (χ2n) is 5.17. The Bertz CT molecular complexity index is 453. The van der Waals surface area contributed by atoms with Crippen molar-refractivity contribution in [1.82, 2.24) is 4.90 Å². The van der Waals surface area contributed by atoms with E-state index >= 15 is 0 Å². The molecular formula is C16H23NO3.